The van der Waals surface area contributed by atoms with Gasteiger partial charge in [-0.2, -0.15) is 0 Å². The molecule has 1 N–H and O–H groups in total. The van der Waals surface area contributed by atoms with Crippen molar-refractivity contribution in [1.29, 1.82) is 0 Å². The zero-order chi connectivity index (χ0) is 29.8. The third-order valence-electron chi connectivity index (χ3n) is 6.47. The lowest BCUT2D eigenvalue weighted by molar-refractivity contribution is -0.166. The molecule has 41 heavy (non-hydrogen) atoms. The number of ether oxygens (including phenoxy) is 6. The summed E-state index contributed by atoms with van der Waals surface area (Å²) in [6.45, 7) is 7.49. The van der Waals surface area contributed by atoms with Gasteiger partial charge < -0.3 is 33.7 Å². The quantitative estimate of drug-likeness (QED) is 0.316. The summed E-state index contributed by atoms with van der Waals surface area (Å²) in [5.74, 6) is -1.44. The van der Waals surface area contributed by atoms with Crippen LogP contribution in [0.3, 0.4) is 0 Å². The van der Waals surface area contributed by atoms with E-state index < -0.39 is 36.8 Å². The number of carbonyl (C=O) groups is 3. The van der Waals surface area contributed by atoms with E-state index in [1.165, 1.54) is 26.3 Å². The maximum absolute atomic E-state index is 13.3. The molecule has 4 atom stereocenters. The largest absolute Gasteiger partial charge is 0.493 e. The minimum Gasteiger partial charge on any atom is -0.493 e. The highest BCUT2D eigenvalue weighted by Gasteiger charge is 2.35. The highest BCUT2D eigenvalue weighted by molar-refractivity contribution is 5.98. The number of nitrogens with one attached hydrogen (secondary N) is 1. The summed E-state index contributed by atoms with van der Waals surface area (Å²) >= 11 is 0. The topological polar surface area (TPSA) is 132 Å². The summed E-state index contributed by atoms with van der Waals surface area (Å²) in [5, 5.41) is 2.64. The Morgan fingerprint density at radius 3 is 2.61 bits per heavy atom. The van der Waals surface area contributed by atoms with Gasteiger partial charge in [-0.25, -0.2) is 9.78 Å². The molecule has 224 valence electrons. The second-order valence-corrected chi connectivity index (χ2v) is 10.3. The summed E-state index contributed by atoms with van der Waals surface area (Å²) in [6.07, 6.45) is 1.82. The smallest absolute Gasteiger partial charge is 0.331 e. The lowest BCUT2D eigenvalue weighted by Gasteiger charge is -2.34. The fourth-order valence-corrected chi connectivity index (χ4v) is 4.49. The van der Waals surface area contributed by atoms with Crippen LogP contribution in [0.1, 0.15) is 50.2 Å². The van der Waals surface area contributed by atoms with Crippen molar-refractivity contribution in [3.8, 4) is 11.5 Å². The molecule has 1 aliphatic rings. The molecule has 0 radical (unpaired) electrons. The Bertz CT molecular complexity index is 1140. The second-order valence-electron chi connectivity index (χ2n) is 10.3. The first-order valence-corrected chi connectivity index (χ1v) is 13.7. The number of nitrogens with zero attached hydrogens (tertiary/aromatic N) is 1. The van der Waals surface area contributed by atoms with Gasteiger partial charge in [0.2, 0.25) is 6.79 Å². The number of rotatable bonds is 11. The molecular formula is C30H40N2O9. The van der Waals surface area contributed by atoms with Gasteiger partial charge in [-0.3, -0.25) is 9.59 Å². The number of hydrogen-bond donors (Lipinski definition) is 1. The van der Waals surface area contributed by atoms with Crippen LogP contribution in [0.25, 0.3) is 0 Å². The van der Waals surface area contributed by atoms with E-state index in [2.05, 4.69) is 36.3 Å². The molecule has 11 nitrogen and oxygen atoms in total. The van der Waals surface area contributed by atoms with E-state index in [-0.39, 0.29) is 35.8 Å². The molecule has 0 aliphatic carbocycles. The molecule has 0 saturated carbocycles. The average Bonchev–Trinajstić information content (AvgIpc) is 2.94. The van der Waals surface area contributed by atoms with Gasteiger partial charge >= 0.3 is 11.9 Å². The molecule has 1 aromatic carbocycles. The summed E-state index contributed by atoms with van der Waals surface area (Å²) in [4.78, 5) is 41.8. The molecule has 3 rings (SSSR count). The molecule has 1 aromatic heterocycles. The SMILES string of the molecule is COc1ccnc(C(=O)N[C@H]2COCC[C@H](Cc3ccccc3)[C@@H](OCC(C)C)[C@H](C)OC2=O)c1OCOC(C)=O. The summed E-state index contributed by atoms with van der Waals surface area (Å²) < 4.78 is 33.6. The van der Waals surface area contributed by atoms with E-state index >= 15 is 0 Å². The van der Waals surface area contributed by atoms with Crippen LogP contribution in [0.4, 0.5) is 0 Å². The molecule has 1 saturated heterocycles. The summed E-state index contributed by atoms with van der Waals surface area (Å²) in [7, 11) is 1.40. The van der Waals surface area contributed by atoms with Crippen molar-refractivity contribution in [3.05, 3.63) is 53.9 Å². The van der Waals surface area contributed by atoms with Crippen LogP contribution >= 0.6 is 0 Å². The Hall–Kier alpha value is -3.70. The average molecular weight is 573 g/mol. The van der Waals surface area contributed by atoms with E-state index in [0.717, 1.165) is 12.0 Å². The lowest BCUT2D eigenvalue weighted by atomic mass is 9.88. The summed E-state index contributed by atoms with van der Waals surface area (Å²) in [5.41, 5.74) is 1.00. The van der Waals surface area contributed by atoms with Gasteiger partial charge in [-0.05, 0) is 37.2 Å². The first-order chi connectivity index (χ1) is 19.7. The molecule has 1 aliphatic heterocycles. The van der Waals surface area contributed by atoms with Crippen LogP contribution in [-0.4, -0.2) is 74.8 Å². The Morgan fingerprint density at radius 1 is 1.17 bits per heavy atom. The van der Waals surface area contributed by atoms with Gasteiger partial charge in [0.05, 0.1) is 19.8 Å². The van der Waals surface area contributed by atoms with Crippen LogP contribution in [0, 0.1) is 11.8 Å². The molecule has 2 aromatic rings. The first-order valence-electron chi connectivity index (χ1n) is 13.7. The van der Waals surface area contributed by atoms with Crippen LogP contribution in [0.2, 0.25) is 0 Å². The minimum absolute atomic E-state index is 0.0397. The number of methoxy groups -OCH3 is 1. The maximum Gasteiger partial charge on any atom is 0.331 e. The third kappa shape index (κ3) is 9.72. The minimum atomic E-state index is -1.12. The van der Waals surface area contributed by atoms with Crippen molar-refractivity contribution < 1.29 is 42.8 Å². The number of aromatic nitrogens is 1. The third-order valence-corrected chi connectivity index (χ3v) is 6.47. The van der Waals surface area contributed by atoms with Crippen LogP contribution < -0.4 is 14.8 Å². The first kappa shape index (κ1) is 31.8. The predicted molar refractivity (Wildman–Crippen MR) is 149 cm³/mol. The monoisotopic (exact) mass is 572 g/mol. The molecule has 0 spiro atoms. The fourth-order valence-electron chi connectivity index (χ4n) is 4.49. The Labute approximate surface area is 240 Å². The number of cyclic esters (lactones) is 1. The van der Waals surface area contributed by atoms with Gasteiger partial charge in [-0.15, -0.1) is 0 Å². The van der Waals surface area contributed by atoms with Crippen molar-refractivity contribution in [1.82, 2.24) is 10.3 Å². The van der Waals surface area contributed by atoms with E-state index in [1.807, 2.05) is 25.1 Å². The molecule has 11 heteroatoms. The highest BCUT2D eigenvalue weighted by atomic mass is 16.7. The molecule has 1 amide bonds. The molecule has 2 heterocycles. The van der Waals surface area contributed by atoms with Gasteiger partial charge in [0.15, 0.2) is 23.2 Å². The number of hydrogen-bond acceptors (Lipinski definition) is 10. The van der Waals surface area contributed by atoms with Crippen molar-refractivity contribution in [2.45, 2.75) is 58.8 Å². The van der Waals surface area contributed by atoms with E-state index in [4.69, 9.17) is 28.4 Å². The Balaban J connectivity index is 1.77. The van der Waals surface area contributed by atoms with Crippen LogP contribution in [0.15, 0.2) is 42.6 Å². The van der Waals surface area contributed by atoms with Crippen molar-refractivity contribution in [3.63, 3.8) is 0 Å². The highest BCUT2D eigenvalue weighted by Crippen LogP contribution is 2.30. The lowest BCUT2D eigenvalue weighted by Crippen LogP contribution is -2.49. The predicted octanol–water partition coefficient (Wildman–Crippen LogP) is 3.34. The van der Waals surface area contributed by atoms with Crippen LogP contribution in [0.5, 0.6) is 11.5 Å². The van der Waals surface area contributed by atoms with Crippen molar-refractivity contribution in [2.75, 3.05) is 33.7 Å². The van der Waals surface area contributed by atoms with Gasteiger partial charge in [0, 0.05) is 32.4 Å². The van der Waals surface area contributed by atoms with E-state index in [9.17, 15) is 14.4 Å². The van der Waals surface area contributed by atoms with Gasteiger partial charge in [0.25, 0.3) is 5.91 Å². The zero-order valence-electron chi connectivity index (χ0n) is 24.3. The van der Waals surface area contributed by atoms with Gasteiger partial charge in [-0.1, -0.05) is 44.2 Å². The molecule has 0 unspecified atom stereocenters. The Morgan fingerprint density at radius 2 is 1.93 bits per heavy atom. The number of esters is 2. The van der Waals surface area contributed by atoms with Crippen molar-refractivity contribution >= 4 is 17.8 Å². The number of amides is 1. The number of pyridine rings is 1. The van der Waals surface area contributed by atoms with Crippen molar-refractivity contribution in [2.24, 2.45) is 11.8 Å². The van der Waals surface area contributed by atoms with E-state index in [0.29, 0.717) is 25.6 Å². The summed E-state index contributed by atoms with van der Waals surface area (Å²) in [6, 6.07) is 10.5. The maximum atomic E-state index is 13.3. The standard InChI is InChI=1S/C30H40N2O9/c1-19(2)16-38-27-20(3)41-30(35)24(17-37-14-12-23(27)15-22-9-7-6-8-10-22)32-29(34)26-28(40-18-39-21(4)33)25(36-5)11-13-31-26/h6-11,13,19-20,23-24,27H,12,14-18H2,1-5H3,(H,32,34)/t20-,23+,24-,27-/m0/s1. The van der Waals surface area contributed by atoms with E-state index in [1.54, 1.807) is 0 Å². The number of carbonyl (C=O) groups excluding carboxylic acids is 3. The van der Waals surface area contributed by atoms with Gasteiger partial charge in [0.1, 0.15) is 6.10 Å². The molecule has 0 bridgehead atoms. The fraction of sp³-hybridized carbons (Fsp3) is 0.533. The Kier molecular flexibility index (Phi) is 12.4. The number of benzene rings is 1. The second kappa shape index (κ2) is 15.9. The van der Waals surface area contributed by atoms with Crippen LogP contribution in [-0.2, 0) is 35.0 Å². The zero-order valence-corrected chi connectivity index (χ0v) is 24.3. The molecule has 1 fully saturated rings. The molecular weight excluding hydrogens is 532 g/mol. The normalized spacial score (nSPS) is 21.5.